The van der Waals surface area contributed by atoms with E-state index in [0.29, 0.717) is 35.9 Å². The van der Waals surface area contributed by atoms with Crippen LogP contribution in [0.5, 0.6) is 11.5 Å². The zero-order valence-corrected chi connectivity index (χ0v) is 17.1. The van der Waals surface area contributed by atoms with Gasteiger partial charge in [-0.3, -0.25) is 4.79 Å². The fourth-order valence-corrected chi connectivity index (χ4v) is 4.40. The zero-order chi connectivity index (χ0) is 17.4. The lowest BCUT2D eigenvalue weighted by Crippen LogP contribution is -2.11. The first-order valence-electron chi connectivity index (χ1n) is 7.39. The third kappa shape index (κ3) is 3.13. The van der Waals surface area contributed by atoms with Crippen molar-refractivity contribution in [3.8, 4) is 22.8 Å². The van der Waals surface area contributed by atoms with E-state index in [9.17, 15) is 15.0 Å². The molecule has 124 valence electrons. The van der Waals surface area contributed by atoms with E-state index in [-0.39, 0.29) is 16.9 Å². The van der Waals surface area contributed by atoms with Crippen molar-refractivity contribution in [2.75, 3.05) is 0 Å². The maximum absolute atomic E-state index is 12.9. The Bertz CT molecular complexity index is 969. The lowest BCUT2D eigenvalue weighted by Gasteiger charge is -2.11. The third-order valence-electron chi connectivity index (χ3n) is 3.75. The Morgan fingerprint density at radius 1 is 1.08 bits per heavy atom. The van der Waals surface area contributed by atoms with Crippen LogP contribution < -0.4 is 5.43 Å². The molecule has 0 saturated carbocycles. The number of phenolic OH excluding ortho intramolecular Hbond substituents is 2. The van der Waals surface area contributed by atoms with Crippen molar-refractivity contribution >= 4 is 56.2 Å². The highest BCUT2D eigenvalue weighted by atomic mass is 127. The highest BCUT2D eigenvalue weighted by molar-refractivity contribution is 14.1. The predicted octanol–water partition coefficient (Wildman–Crippen LogP) is 5.03. The Hall–Kier alpha value is -1.29. The quantitative estimate of drug-likeness (QED) is 0.451. The summed E-state index contributed by atoms with van der Waals surface area (Å²) >= 11 is 4.12. The maximum Gasteiger partial charge on any atom is 0.196 e. The van der Waals surface area contributed by atoms with Gasteiger partial charge < -0.3 is 14.6 Å². The summed E-state index contributed by atoms with van der Waals surface area (Å²) in [6, 6.07) is 8.15. The molecule has 2 N–H and O–H groups in total. The van der Waals surface area contributed by atoms with E-state index < -0.39 is 0 Å². The number of benzene rings is 2. The molecule has 3 rings (SSSR count). The van der Waals surface area contributed by atoms with Gasteiger partial charge in [0.2, 0.25) is 0 Å². The molecule has 0 fully saturated rings. The molecule has 0 spiro atoms. The molecule has 0 saturated heterocycles. The van der Waals surface area contributed by atoms with E-state index in [1.807, 2.05) is 19.1 Å². The van der Waals surface area contributed by atoms with Gasteiger partial charge in [0.05, 0.1) is 12.5 Å². The minimum atomic E-state index is -0.123. The number of phenols is 2. The minimum absolute atomic E-state index is 0.0405. The van der Waals surface area contributed by atoms with Crippen molar-refractivity contribution in [1.29, 1.82) is 0 Å². The van der Waals surface area contributed by atoms with Crippen LogP contribution in [0.25, 0.3) is 22.3 Å². The number of aromatic hydroxyl groups is 2. The first-order chi connectivity index (χ1) is 11.4. The Morgan fingerprint density at radius 2 is 1.75 bits per heavy atom. The zero-order valence-electron chi connectivity index (χ0n) is 12.8. The van der Waals surface area contributed by atoms with Crippen LogP contribution in [0.3, 0.4) is 0 Å². The summed E-state index contributed by atoms with van der Waals surface area (Å²) in [5.41, 5.74) is 1.66. The molecule has 4 nitrogen and oxygen atoms in total. The minimum Gasteiger partial charge on any atom is -0.508 e. The molecule has 2 aromatic carbocycles. The average Bonchev–Trinajstić information content (AvgIpc) is 2.55. The molecule has 0 atom stereocenters. The van der Waals surface area contributed by atoms with E-state index in [4.69, 9.17) is 4.42 Å². The van der Waals surface area contributed by atoms with Crippen molar-refractivity contribution in [2.24, 2.45) is 0 Å². The SMILES string of the molecule is CCCc1c(-c2cc(I)c(O)c(I)c2)oc2ccc(O)cc2c1=O. The summed E-state index contributed by atoms with van der Waals surface area (Å²) in [5.74, 6) is 0.791. The standard InChI is InChI=1S/C18H14I2O4/c1-2-3-11-16(22)12-8-10(21)4-5-15(12)24-18(11)9-6-13(19)17(23)14(20)7-9/h4-8,21,23H,2-3H2,1H3. The lowest BCUT2D eigenvalue weighted by molar-refractivity contribution is 0.467. The number of fused-ring (bicyclic) bond motifs is 1. The molecule has 1 heterocycles. The monoisotopic (exact) mass is 548 g/mol. The molecule has 24 heavy (non-hydrogen) atoms. The van der Waals surface area contributed by atoms with E-state index in [1.54, 1.807) is 6.07 Å². The highest BCUT2D eigenvalue weighted by Gasteiger charge is 2.18. The van der Waals surface area contributed by atoms with Crippen LogP contribution in [0.15, 0.2) is 39.5 Å². The van der Waals surface area contributed by atoms with Gasteiger partial charge in [0.15, 0.2) is 5.43 Å². The molecular formula is C18H14I2O4. The maximum atomic E-state index is 12.9. The molecule has 0 unspecified atom stereocenters. The van der Waals surface area contributed by atoms with Gasteiger partial charge in [-0.1, -0.05) is 13.3 Å². The number of hydrogen-bond acceptors (Lipinski definition) is 4. The predicted molar refractivity (Wildman–Crippen MR) is 111 cm³/mol. The second-order valence-corrected chi connectivity index (χ2v) is 7.78. The molecule has 0 aliphatic carbocycles. The van der Waals surface area contributed by atoms with Gasteiger partial charge in [0, 0.05) is 11.1 Å². The van der Waals surface area contributed by atoms with Crippen LogP contribution >= 0.6 is 45.2 Å². The third-order valence-corrected chi connectivity index (χ3v) is 5.39. The summed E-state index contributed by atoms with van der Waals surface area (Å²) in [5, 5.41) is 20.0. The number of halogens is 2. The van der Waals surface area contributed by atoms with Crippen molar-refractivity contribution in [2.45, 2.75) is 19.8 Å². The van der Waals surface area contributed by atoms with Gasteiger partial charge in [0.25, 0.3) is 0 Å². The smallest absolute Gasteiger partial charge is 0.196 e. The van der Waals surface area contributed by atoms with Gasteiger partial charge in [-0.25, -0.2) is 0 Å². The van der Waals surface area contributed by atoms with Gasteiger partial charge >= 0.3 is 0 Å². The topological polar surface area (TPSA) is 70.7 Å². The molecule has 1 aromatic heterocycles. The van der Waals surface area contributed by atoms with E-state index in [2.05, 4.69) is 45.2 Å². The molecule has 0 bridgehead atoms. The van der Waals surface area contributed by atoms with Crippen molar-refractivity contribution < 1.29 is 14.6 Å². The van der Waals surface area contributed by atoms with E-state index in [1.165, 1.54) is 12.1 Å². The highest BCUT2D eigenvalue weighted by Crippen LogP contribution is 2.34. The summed E-state index contributed by atoms with van der Waals surface area (Å²) in [4.78, 5) is 12.9. The van der Waals surface area contributed by atoms with E-state index in [0.717, 1.165) is 12.0 Å². The Labute approximate surface area is 165 Å². The van der Waals surface area contributed by atoms with Gasteiger partial charge in [0.1, 0.15) is 22.8 Å². The normalized spacial score (nSPS) is 11.1. The number of rotatable bonds is 3. The van der Waals surface area contributed by atoms with Crippen LogP contribution in [0.4, 0.5) is 0 Å². The van der Waals surface area contributed by atoms with Gasteiger partial charge in [-0.05, 0) is 81.9 Å². The summed E-state index contributed by atoms with van der Waals surface area (Å²) in [6.45, 7) is 2.00. The van der Waals surface area contributed by atoms with Crippen molar-refractivity contribution in [3.05, 3.63) is 53.3 Å². The molecule has 0 aliphatic heterocycles. The Kier molecular flexibility index (Phi) is 5.05. The van der Waals surface area contributed by atoms with Crippen molar-refractivity contribution in [1.82, 2.24) is 0 Å². The molecule has 3 aromatic rings. The van der Waals surface area contributed by atoms with Crippen LogP contribution in [-0.4, -0.2) is 10.2 Å². The fraction of sp³-hybridized carbons (Fsp3) is 0.167. The fourth-order valence-electron chi connectivity index (χ4n) is 2.63. The van der Waals surface area contributed by atoms with Gasteiger partial charge in [-0.15, -0.1) is 0 Å². The van der Waals surface area contributed by atoms with Crippen LogP contribution in [-0.2, 0) is 6.42 Å². The first kappa shape index (κ1) is 17.5. The molecule has 0 amide bonds. The summed E-state index contributed by atoms with van der Waals surface area (Å²) < 4.78 is 7.42. The van der Waals surface area contributed by atoms with Crippen LogP contribution in [0.2, 0.25) is 0 Å². The average molecular weight is 548 g/mol. The second kappa shape index (κ2) is 6.91. The Balaban J connectivity index is 2.36. The molecule has 0 aliphatic rings. The molecular weight excluding hydrogens is 534 g/mol. The largest absolute Gasteiger partial charge is 0.508 e. The first-order valence-corrected chi connectivity index (χ1v) is 9.55. The Morgan fingerprint density at radius 3 is 2.38 bits per heavy atom. The summed E-state index contributed by atoms with van der Waals surface area (Å²) in [6.07, 6.45) is 1.38. The van der Waals surface area contributed by atoms with Crippen LogP contribution in [0.1, 0.15) is 18.9 Å². The van der Waals surface area contributed by atoms with Crippen molar-refractivity contribution in [3.63, 3.8) is 0 Å². The lowest BCUT2D eigenvalue weighted by atomic mass is 10.0. The van der Waals surface area contributed by atoms with Crippen LogP contribution in [0, 0.1) is 7.14 Å². The number of hydrogen-bond donors (Lipinski definition) is 2. The molecule has 0 radical (unpaired) electrons. The summed E-state index contributed by atoms with van der Waals surface area (Å²) in [7, 11) is 0. The second-order valence-electron chi connectivity index (χ2n) is 5.46. The van der Waals surface area contributed by atoms with Gasteiger partial charge in [-0.2, -0.15) is 0 Å². The molecule has 6 heteroatoms. The van der Waals surface area contributed by atoms with E-state index >= 15 is 0 Å².